The number of aromatic nitrogens is 1. The van der Waals surface area contributed by atoms with Crippen molar-refractivity contribution in [2.75, 3.05) is 20.1 Å². The van der Waals surface area contributed by atoms with Gasteiger partial charge in [-0.15, -0.1) is 0 Å². The van der Waals surface area contributed by atoms with Crippen LogP contribution in [0.15, 0.2) is 23.0 Å². The van der Waals surface area contributed by atoms with Gasteiger partial charge in [0.15, 0.2) is 0 Å². The van der Waals surface area contributed by atoms with Gasteiger partial charge in [-0.3, -0.25) is 9.69 Å². The van der Waals surface area contributed by atoms with Gasteiger partial charge in [0.1, 0.15) is 0 Å². The fraction of sp³-hybridized carbons (Fsp3) is 0.533. The Morgan fingerprint density at radius 2 is 2.30 bits per heavy atom. The molecule has 1 aromatic carbocycles. The minimum absolute atomic E-state index is 0.116. The third-order valence-corrected chi connectivity index (χ3v) is 5.17. The highest BCUT2D eigenvalue weighted by molar-refractivity contribution is 7.16. The fourth-order valence-corrected chi connectivity index (χ4v) is 3.91. The summed E-state index contributed by atoms with van der Waals surface area (Å²) in [4.78, 5) is 14.3. The van der Waals surface area contributed by atoms with E-state index >= 15 is 0 Å². The maximum Gasteiger partial charge on any atom is 0.307 e. The number of hydrogen-bond donors (Lipinski definition) is 1. The van der Waals surface area contributed by atoms with Crippen LogP contribution in [-0.2, 0) is 13.6 Å². The van der Waals surface area contributed by atoms with Gasteiger partial charge in [-0.05, 0) is 44.1 Å². The van der Waals surface area contributed by atoms with Crippen LogP contribution in [0.5, 0.6) is 0 Å². The molecular weight excluding hydrogens is 270 g/mol. The third kappa shape index (κ3) is 2.66. The van der Waals surface area contributed by atoms with E-state index in [9.17, 15) is 4.79 Å². The van der Waals surface area contributed by atoms with E-state index in [1.54, 1.807) is 4.57 Å². The van der Waals surface area contributed by atoms with Crippen molar-refractivity contribution in [3.63, 3.8) is 0 Å². The molecule has 3 rings (SSSR count). The van der Waals surface area contributed by atoms with E-state index in [4.69, 9.17) is 0 Å². The molecule has 4 nitrogen and oxygen atoms in total. The van der Waals surface area contributed by atoms with Gasteiger partial charge in [0.05, 0.1) is 10.2 Å². The van der Waals surface area contributed by atoms with E-state index in [-0.39, 0.29) is 4.87 Å². The molecule has 0 aliphatic carbocycles. The van der Waals surface area contributed by atoms with Crippen molar-refractivity contribution in [2.24, 2.45) is 7.05 Å². The SMILES string of the molecule is CNC1CCCN(Cc2ccc3c(c2)sc(=O)n3C)C1. The minimum atomic E-state index is 0.116. The summed E-state index contributed by atoms with van der Waals surface area (Å²) in [6.07, 6.45) is 2.53. The second-order valence-corrected chi connectivity index (χ2v) is 6.59. The van der Waals surface area contributed by atoms with E-state index in [1.807, 2.05) is 14.1 Å². The molecule has 1 atom stereocenters. The van der Waals surface area contributed by atoms with Crippen molar-refractivity contribution in [3.05, 3.63) is 33.4 Å². The molecule has 2 heterocycles. The highest BCUT2D eigenvalue weighted by atomic mass is 32.1. The smallest absolute Gasteiger partial charge is 0.307 e. The molecule has 1 unspecified atom stereocenters. The molecule has 0 saturated carbocycles. The van der Waals surface area contributed by atoms with E-state index < -0.39 is 0 Å². The van der Waals surface area contributed by atoms with E-state index in [0.717, 1.165) is 23.3 Å². The standard InChI is InChI=1S/C15H21N3OS/c1-16-12-4-3-7-18(10-12)9-11-5-6-13-14(8-11)20-15(19)17(13)2/h5-6,8,12,16H,3-4,7,9-10H2,1-2H3. The van der Waals surface area contributed by atoms with Crippen LogP contribution in [0.3, 0.4) is 0 Å². The van der Waals surface area contributed by atoms with Crippen molar-refractivity contribution in [3.8, 4) is 0 Å². The summed E-state index contributed by atoms with van der Waals surface area (Å²) in [6, 6.07) is 7.00. The maximum absolute atomic E-state index is 11.7. The molecule has 1 aliphatic rings. The van der Waals surface area contributed by atoms with Gasteiger partial charge in [0.25, 0.3) is 0 Å². The Hall–Kier alpha value is -1.17. The molecule has 0 amide bonds. The van der Waals surface area contributed by atoms with Crippen LogP contribution in [0.4, 0.5) is 0 Å². The normalized spacial score (nSPS) is 20.6. The summed E-state index contributed by atoms with van der Waals surface area (Å²) >= 11 is 1.34. The number of aryl methyl sites for hydroxylation is 1. The number of hydrogen-bond acceptors (Lipinski definition) is 4. The van der Waals surface area contributed by atoms with Gasteiger partial charge in [-0.25, -0.2) is 0 Å². The van der Waals surface area contributed by atoms with Crippen LogP contribution in [0.2, 0.25) is 0 Å². The molecule has 1 aromatic heterocycles. The molecule has 0 bridgehead atoms. The lowest BCUT2D eigenvalue weighted by atomic mass is 10.1. The highest BCUT2D eigenvalue weighted by Gasteiger charge is 2.18. The van der Waals surface area contributed by atoms with Crippen LogP contribution < -0.4 is 10.2 Å². The minimum Gasteiger partial charge on any atom is -0.316 e. The van der Waals surface area contributed by atoms with Gasteiger partial charge >= 0.3 is 4.87 Å². The molecule has 5 heteroatoms. The molecule has 20 heavy (non-hydrogen) atoms. The predicted molar refractivity (Wildman–Crippen MR) is 84.4 cm³/mol. The Labute approximate surface area is 123 Å². The first-order chi connectivity index (χ1) is 9.67. The monoisotopic (exact) mass is 291 g/mol. The first kappa shape index (κ1) is 13.8. The molecule has 1 saturated heterocycles. The molecule has 1 N–H and O–H groups in total. The summed E-state index contributed by atoms with van der Waals surface area (Å²) in [5, 5.41) is 3.38. The van der Waals surface area contributed by atoms with Crippen molar-refractivity contribution in [1.29, 1.82) is 0 Å². The quantitative estimate of drug-likeness (QED) is 0.937. The molecule has 1 fully saturated rings. The molecule has 0 radical (unpaired) electrons. The van der Waals surface area contributed by atoms with Crippen molar-refractivity contribution >= 4 is 21.6 Å². The van der Waals surface area contributed by atoms with Crippen LogP contribution in [0, 0.1) is 0 Å². The Morgan fingerprint density at radius 1 is 1.45 bits per heavy atom. The Balaban J connectivity index is 1.79. The van der Waals surface area contributed by atoms with E-state index in [2.05, 4.69) is 28.4 Å². The fourth-order valence-electron chi connectivity index (χ4n) is 2.97. The zero-order chi connectivity index (χ0) is 14.1. The van der Waals surface area contributed by atoms with Crippen molar-refractivity contribution < 1.29 is 0 Å². The lowest BCUT2D eigenvalue weighted by Gasteiger charge is -2.32. The molecule has 2 aromatic rings. The Kier molecular flexibility index (Phi) is 3.92. The third-order valence-electron chi connectivity index (χ3n) is 4.18. The second kappa shape index (κ2) is 5.68. The lowest BCUT2D eigenvalue weighted by molar-refractivity contribution is 0.188. The summed E-state index contributed by atoms with van der Waals surface area (Å²) in [5.74, 6) is 0. The van der Waals surface area contributed by atoms with Crippen molar-refractivity contribution in [1.82, 2.24) is 14.8 Å². The van der Waals surface area contributed by atoms with Crippen LogP contribution in [-0.4, -0.2) is 35.6 Å². The number of likely N-dealkylation sites (N-methyl/N-ethyl adjacent to an activating group) is 1. The van der Waals surface area contributed by atoms with Gasteiger partial charge < -0.3 is 9.88 Å². The van der Waals surface area contributed by atoms with Crippen molar-refractivity contribution in [2.45, 2.75) is 25.4 Å². The predicted octanol–water partition coefficient (Wildman–Crippen LogP) is 1.78. The number of benzene rings is 1. The summed E-state index contributed by atoms with van der Waals surface area (Å²) in [6.45, 7) is 3.25. The first-order valence-corrected chi connectivity index (χ1v) is 7.97. The van der Waals surface area contributed by atoms with Gasteiger partial charge in [0, 0.05) is 26.2 Å². The van der Waals surface area contributed by atoms with Gasteiger partial charge in [-0.1, -0.05) is 17.4 Å². The van der Waals surface area contributed by atoms with E-state index in [1.165, 1.54) is 36.3 Å². The Morgan fingerprint density at radius 3 is 3.10 bits per heavy atom. The van der Waals surface area contributed by atoms with Crippen LogP contribution >= 0.6 is 11.3 Å². The number of nitrogens with zero attached hydrogens (tertiary/aromatic N) is 2. The number of fused-ring (bicyclic) bond motifs is 1. The van der Waals surface area contributed by atoms with Gasteiger partial charge in [0.2, 0.25) is 0 Å². The first-order valence-electron chi connectivity index (χ1n) is 7.15. The summed E-state index contributed by atoms with van der Waals surface area (Å²) < 4.78 is 2.82. The van der Waals surface area contributed by atoms with Gasteiger partial charge in [-0.2, -0.15) is 0 Å². The number of piperidine rings is 1. The largest absolute Gasteiger partial charge is 0.316 e. The number of nitrogens with one attached hydrogen (secondary N) is 1. The molecular formula is C15H21N3OS. The number of rotatable bonds is 3. The molecule has 1 aliphatic heterocycles. The maximum atomic E-state index is 11.7. The Bertz CT molecular complexity index is 661. The number of thiazole rings is 1. The lowest BCUT2D eigenvalue weighted by Crippen LogP contribution is -2.43. The summed E-state index contributed by atoms with van der Waals surface area (Å²) in [5.41, 5.74) is 2.34. The van der Waals surface area contributed by atoms with Crippen LogP contribution in [0.1, 0.15) is 18.4 Å². The average Bonchev–Trinajstić information content (AvgIpc) is 2.74. The second-order valence-electron chi connectivity index (χ2n) is 5.59. The number of likely N-dealkylation sites (tertiary alicyclic amines) is 1. The van der Waals surface area contributed by atoms with E-state index in [0.29, 0.717) is 6.04 Å². The van der Waals surface area contributed by atoms with Crippen LogP contribution in [0.25, 0.3) is 10.2 Å². The topological polar surface area (TPSA) is 37.3 Å². The average molecular weight is 291 g/mol. The molecule has 108 valence electrons. The zero-order valence-electron chi connectivity index (χ0n) is 12.1. The molecule has 0 spiro atoms. The zero-order valence-corrected chi connectivity index (χ0v) is 12.9. The summed E-state index contributed by atoms with van der Waals surface area (Å²) in [7, 11) is 3.88. The highest BCUT2D eigenvalue weighted by Crippen LogP contribution is 2.20.